The molecule has 35 heavy (non-hydrogen) atoms. The van der Waals surface area contributed by atoms with Crippen LogP contribution in [0.2, 0.25) is 0 Å². The Balaban J connectivity index is 1.68. The molecule has 3 aromatic heterocycles. The van der Waals surface area contributed by atoms with E-state index in [0.29, 0.717) is 30.2 Å². The molecule has 0 aliphatic carbocycles. The summed E-state index contributed by atoms with van der Waals surface area (Å²) in [6.45, 7) is 6.05. The molecule has 0 spiro atoms. The van der Waals surface area contributed by atoms with Gasteiger partial charge in [-0.25, -0.2) is 4.98 Å². The number of pyridine rings is 1. The monoisotopic (exact) mass is 476 g/mol. The summed E-state index contributed by atoms with van der Waals surface area (Å²) in [6.07, 6.45) is 4.28. The van der Waals surface area contributed by atoms with Gasteiger partial charge in [0.05, 0.1) is 38.3 Å². The van der Waals surface area contributed by atoms with Crippen LogP contribution in [0.1, 0.15) is 41.2 Å². The second-order valence-electron chi connectivity index (χ2n) is 8.33. The zero-order valence-electron chi connectivity index (χ0n) is 20.9. The fraction of sp³-hybridized carbons (Fsp3) is 0.333. The number of anilines is 1. The third-order valence-corrected chi connectivity index (χ3v) is 6.07. The molecule has 0 aliphatic heterocycles. The van der Waals surface area contributed by atoms with Crippen molar-refractivity contribution in [3.8, 4) is 11.5 Å². The molecule has 4 rings (SSSR count). The number of nitrogens with zero attached hydrogens (tertiary/aromatic N) is 4. The van der Waals surface area contributed by atoms with E-state index in [0.717, 1.165) is 41.4 Å². The van der Waals surface area contributed by atoms with Crippen molar-refractivity contribution in [3.05, 3.63) is 77.5 Å². The number of benzene rings is 1. The third kappa shape index (κ3) is 4.96. The first-order chi connectivity index (χ1) is 17.0. The van der Waals surface area contributed by atoms with E-state index in [-0.39, 0.29) is 5.91 Å². The van der Waals surface area contributed by atoms with Gasteiger partial charge in [-0.15, -0.1) is 0 Å². The molecule has 4 aromatic rings. The zero-order chi connectivity index (χ0) is 24.9. The average molecular weight is 477 g/mol. The normalized spacial score (nSPS) is 11.0. The number of carbonyl (C=O) groups excluding carboxylic acids is 1. The number of rotatable bonds is 10. The van der Waals surface area contributed by atoms with Gasteiger partial charge in [0.15, 0.2) is 11.5 Å². The Morgan fingerprint density at radius 3 is 2.51 bits per heavy atom. The van der Waals surface area contributed by atoms with Crippen molar-refractivity contribution in [3.63, 3.8) is 0 Å². The number of aryl methyl sites for hydroxylation is 1. The van der Waals surface area contributed by atoms with E-state index in [1.807, 2.05) is 53.1 Å². The standard InChI is InChI=1S/C27H32N4O4/c1-6-22-26(30(7-2)16-19-10-12-23(33-4)24(15-19)34-5)31-17-20(11-13-25(31)28-22)27(32)29(3)18-21-9-8-14-35-21/h8-15,17H,6-7,16,18H2,1-5H3. The number of hydrogen-bond acceptors (Lipinski definition) is 6. The molecule has 1 aromatic carbocycles. The highest BCUT2D eigenvalue weighted by Crippen LogP contribution is 2.30. The highest BCUT2D eigenvalue weighted by Gasteiger charge is 2.20. The molecule has 0 saturated carbocycles. The van der Waals surface area contributed by atoms with E-state index in [9.17, 15) is 4.79 Å². The molecule has 8 nitrogen and oxygen atoms in total. The molecule has 0 atom stereocenters. The lowest BCUT2D eigenvalue weighted by Gasteiger charge is -2.24. The highest BCUT2D eigenvalue weighted by atomic mass is 16.5. The molecule has 0 radical (unpaired) electrons. The summed E-state index contributed by atoms with van der Waals surface area (Å²) in [5.41, 5.74) is 3.48. The van der Waals surface area contributed by atoms with Gasteiger partial charge in [-0.3, -0.25) is 9.20 Å². The molecule has 3 heterocycles. The number of imidazole rings is 1. The lowest BCUT2D eigenvalue weighted by molar-refractivity contribution is 0.0775. The maximum absolute atomic E-state index is 13.2. The van der Waals surface area contributed by atoms with Crippen molar-refractivity contribution in [2.75, 3.05) is 32.7 Å². The van der Waals surface area contributed by atoms with E-state index in [2.05, 4.69) is 18.7 Å². The van der Waals surface area contributed by atoms with Crippen molar-refractivity contribution in [2.24, 2.45) is 0 Å². The Labute approximate surface area is 205 Å². The number of amides is 1. The molecule has 0 aliphatic rings. The molecule has 0 fully saturated rings. The van der Waals surface area contributed by atoms with Gasteiger partial charge in [0, 0.05) is 26.3 Å². The van der Waals surface area contributed by atoms with Crippen LogP contribution in [-0.2, 0) is 19.5 Å². The summed E-state index contributed by atoms with van der Waals surface area (Å²) in [7, 11) is 5.05. The Kier molecular flexibility index (Phi) is 7.29. The predicted molar refractivity (Wildman–Crippen MR) is 135 cm³/mol. The zero-order valence-corrected chi connectivity index (χ0v) is 20.9. The molecular weight excluding hydrogens is 444 g/mol. The lowest BCUT2D eigenvalue weighted by Crippen LogP contribution is -2.27. The molecule has 0 N–H and O–H groups in total. The summed E-state index contributed by atoms with van der Waals surface area (Å²) < 4.78 is 18.3. The van der Waals surface area contributed by atoms with Gasteiger partial charge >= 0.3 is 0 Å². The summed E-state index contributed by atoms with van der Waals surface area (Å²) >= 11 is 0. The minimum Gasteiger partial charge on any atom is -0.493 e. The SMILES string of the molecule is CCc1nc2ccc(C(=O)N(C)Cc3ccco3)cn2c1N(CC)Cc1ccc(OC)c(OC)c1. The van der Waals surface area contributed by atoms with Gasteiger partial charge in [-0.1, -0.05) is 13.0 Å². The Hall–Kier alpha value is -3.94. The van der Waals surface area contributed by atoms with Gasteiger partial charge in [0.1, 0.15) is 17.2 Å². The topological polar surface area (TPSA) is 72.5 Å². The van der Waals surface area contributed by atoms with Crippen LogP contribution in [-0.4, -0.2) is 48.0 Å². The number of hydrogen-bond donors (Lipinski definition) is 0. The van der Waals surface area contributed by atoms with E-state index in [1.54, 1.807) is 32.4 Å². The summed E-state index contributed by atoms with van der Waals surface area (Å²) in [4.78, 5) is 21.9. The number of ether oxygens (including phenoxy) is 2. The fourth-order valence-corrected chi connectivity index (χ4v) is 4.24. The Morgan fingerprint density at radius 2 is 1.86 bits per heavy atom. The third-order valence-electron chi connectivity index (χ3n) is 6.07. The largest absolute Gasteiger partial charge is 0.493 e. The fourth-order valence-electron chi connectivity index (χ4n) is 4.24. The second kappa shape index (κ2) is 10.5. The van der Waals surface area contributed by atoms with Crippen molar-refractivity contribution in [2.45, 2.75) is 33.4 Å². The minimum atomic E-state index is -0.0797. The van der Waals surface area contributed by atoms with Crippen LogP contribution in [0.5, 0.6) is 11.5 Å². The summed E-state index contributed by atoms with van der Waals surface area (Å²) in [5.74, 6) is 3.05. The molecule has 0 unspecified atom stereocenters. The van der Waals surface area contributed by atoms with Crippen LogP contribution in [0, 0.1) is 0 Å². The van der Waals surface area contributed by atoms with Gasteiger partial charge in [0.2, 0.25) is 0 Å². The van der Waals surface area contributed by atoms with Crippen molar-refractivity contribution in [1.29, 1.82) is 0 Å². The second-order valence-corrected chi connectivity index (χ2v) is 8.33. The molecular formula is C27H32N4O4. The van der Waals surface area contributed by atoms with Gasteiger partial charge in [0.25, 0.3) is 5.91 Å². The average Bonchev–Trinajstić information content (AvgIpc) is 3.53. The van der Waals surface area contributed by atoms with E-state index in [4.69, 9.17) is 18.9 Å². The summed E-state index contributed by atoms with van der Waals surface area (Å²) in [6, 6.07) is 13.4. The van der Waals surface area contributed by atoms with Crippen molar-refractivity contribution >= 4 is 17.4 Å². The first-order valence-corrected chi connectivity index (χ1v) is 11.7. The molecule has 184 valence electrons. The minimum absolute atomic E-state index is 0.0797. The predicted octanol–water partition coefficient (Wildman–Crippen LogP) is 4.81. The van der Waals surface area contributed by atoms with E-state index >= 15 is 0 Å². The van der Waals surface area contributed by atoms with Crippen LogP contribution in [0.3, 0.4) is 0 Å². The van der Waals surface area contributed by atoms with Crippen LogP contribution in [0.15, 0.2) is 59.3 Å². The number of fused-ring (bicyclic) bond motifs is 1. The molecule has 1 amide bonds. The van der Waals surface area contributed by atoms with Gasteiger partial charge in [-0.05, 0) is 55.3 Å². The van der Waals surface area contributed by atoms with Crippen LogP contribution in [0.25, 0.3) is 5.65 Å². The maximum atomic E-state index is 13.2. The number of aromatic nitrogens is 2. The Morgan fingerprint density at radius 1 is 1.06 bits per heavy atom. The highest BCUT2D eigenvalue weighted by molar-refractivity contribution is 5.94. The molecule has 0 bridgehead atoms. The van der Waals surface area contributed by atoms with E-state index in [1.165, 1.54) is 0 Å². The first-order valence-electron chi connectivity index (χ1n) is 11.7. The van der Waals surface area contributed by atoms with Crippen molar-refractivity contribution in [1.82, 2.24) is 14.3 Å². The van der Waals surface area contributed by atoms with Crippen LogP contribution in [0.4, 0.5) is 5.82 Å². The number of methoxy groups -OCH3 is 2. The van der Waals surface area contributed by atoms with Crippen LogP contribution < -0.4 is 14.4 Å². The van der Waals surface area contributed by atoms with Crippen molar-refractivity contribution < 1.29 is 18.7 Å². The maximum Gasteiger partial charge on any atom is 0.255 e. The summed E-state index contributed by atoms with van der Waals surface area (Å²) in [5, 5.41) is 0. The first kappa shape index (κ1) is 24.2. The quantitative estimate of drug-likeness (QED) is 0.327. The molecule has 0 saturated heterocycles. The van der Waals surface area contributed by atoms with E-state index < -0.39 is 0 Å². The molecule has 8 heteroatoms. The number of furan rings is 1. The number of carbonyl (C=O) groups is 1. The smallest absolute Gasteiger partial charge is 0.255 e. The lowest BCUT2D eigenvalue weighted by atomic mass is 10.1. The van der Waals surface area contributed by atoms with Gasteiger partial charge < -0.3 is 23.7 Å². The van der Waals surface area contributed by atoms with Crippen LogP contribution >= 0.6 is 0 Å². The van der Waals surface area contributed by atoms with Gasteiger partial charge in [-0.2, -0.15) is 0 Å². The Bertz CT molecular complexity index is 1300.